The smallest absolute Gasteiger partial charge is 0.254 e. The summed E-state index contributed by atoms with van der Waals surface area (Å²) in [7, 11) is 0. The number of hydrogen-bond donors (Lipinski definition) is 1. The SMILES string of the molecule is O=C1C2CC=C3C(CC4(Cl)C(=O)N(CBr)C(=O)C4(Cl)C3c3ccc(OCCO)cc3)C2C(=O)N1Cc1cccs1. The molecule has 40 heavy (non-hydrogen) atoms. The Bertz CT molecular complexity index is 1420. The van der Waals surface area contributed by atoms with Crippen molar-refractivity contribution in [2.24, 2.45) is 17.8 Å². The second kappa shape index (κ2) is 10.2. The van der Waals surface area contributed by atoms with Crippen LogP contribution in [0.25, 0.3) is 0 Å². The summed E-state index contributed by atoms with van der Waals surface area (Å²) in [6, 6.07) is 10.7. The highest BCUT2D eigenvalue weighted by Gasteiger charge is 2.76. The van der Waals surface area contributed by atoms with Gasteiger partial charge in [-0.05, 0) is 47.9 Å². The monoisotopic (exact) mass is 666 g/mol. The number of carbonyl (C=O) groups excluding carboxylic acids is 4. The Labute approximate surface area is 253 Å². The van der Waals surface area contributed by atoms with Gasteiger partial charge in [0.2, 0.25) is 11.8 Å². The van der Waals surface area contributed by atoms with Crippen LogP contribution in [0, 0.1) is 17.8 Å². The number of halogens is 3. The van der Waals surface area contributed by atoms with Crippen LogP contribution in [0.15, 0.2) is 53.4 Å². The molecular formula is C28H25BrCl2N2O6S. The molecule has 3 fully saturated rings. The molecular weight excluding hydrogens is 643 g/mol. The first-order chi connectivity index (χ1) is 19.2. The van der Waals surface area contributed by atoms with E-state index in [0.717, 1.165) is 15.4 Å². The van der Waals surface area contributed by atoms with Gasteiger partial charge in [-0.25, -0.2) is 0 Å². The summed E-state index contributed by atoms with van der Waals surface area (Å²) in [6.07, 6.45) is 2.20. The molecule has 1 aromatic carbocycles. The van der Waals surface area contributed by atoms with Gasteiger partial charge in [0.25, 0.3) is 11.8 Å². The lowest BCUT2D eigenvalue weighted by molar-refractivity contribution is -0.141. The first-order valence-corrected chi connectivity index (χ1v) is 15.6. The zero-order chi connectivity index (χ0) is 28.4. The van der Waals surface area contributed by atoms with E-state index in [9.17, 15) is 19.2 Å². The molecule has 210 valence electrons. The van der Waals surface area contributed by atoms with Crippen molar-refractivity contribution in [2.45, 2.75) is 35.1 Å². The predicted octanol–water partition coefficient (Wildman–Crippen LogP) is 4.03. The van der Waals surface area contributed by atoms with Gasteiger partial charge in [-0.1, -0.05) is 45.8 Å². The lowest BCUT2D eigenvalue weighted by Crippen LogP contribution is -2.60. The zero-order valence-corrected chi connectivity index (χ0v) is 25.0. The Balaban J connectivity index is 1.45. The number of benzene rings is 1. The topological polar surface area (TPSA) is 104 Å². The molecule has 0 spiro atoms. The maximum Gasteiger partial charge on any atom is 0.254 e. The van der Waals surface area contributed by atoms with Crippen molar-refractivity contribution in [3.63, 3.8) is 0 Å². The molecule has 1 saturated carbocycles. The van der Waals surface area contributed by atoms with Gasteiger partial charge in [0, 0.05) is 10.8 Å². The summed E-state index contributed by atoms with van der Waals surface area (Å²) in [6.45, 7) is 0.175. The predicted molar refractivity (Wildman–Crippen MR) is 152 cm³/mol. The highest BCUT2D eigenvalue weighted by atomic mass is 79.9. The van der Waals surface area contributed by atoms with Crippen molar-refractivity contribution >= 4 is 74.1 Å². The van der Waals surface area contributed by atoms with Crippen LogP contribution in [0.2, 0.25) is 0 Å². The minimum absolute atomic E-state index is 0.0425. The average molecular weight is 668 g/mol. The molecule has 12 heteroatoms. The minimum atomic E-state index is -1.84. The van der Waals surface area contributed by atoms with Crippen molar-refractivity contribution in [2.75, 3.05) is 18.7 Å². The Morgan fingerprint density at radius 3 is 2.42 bits per heavy atom. The van der Waals surface area contributed by atoms with E-state index in [1.165, 1.54) is 16.2 Å². The van der Waals surface area contributed by atoms with Crippen LogP contribution in [0.3, 0.4) is 0 Å². The number of rotatable bonds is 7. The highest BCUT2D eigenvalue weighted by molar-refractivity contribution is 9.09. The number of ether oxygens (including phenoxy) is 1. The van der Waals surface area contributed by atoms with Gasteiger partial charge in [-0.15, -0.1) is 34.5 Å². The normalized spacial score (nSPS) is 33.1. The number of alkyl halides is 3. The molecule has 2 aliphatic carbocycles. The van der Waals surface area contributed by atoms with Crippen LogP contribution in [-0.2, 0) is 25.7 Å². The standard InChI is InChI=1S/C28H25BrCl2N2O6S/c29-14-33-25(37)27(30)12-20-18(7-8-19-21(20)24(36)32(23(19)35)13-17-2-1-11-40-17)22(28(27,31)26(33)38)15-3-5-16(6-4-15)39-10-9-34/h1-7,11,19-22,34H,8-10,12-14H2. The molecule has 2 aliphatic heterocycles. The van der Waals surface area contributed by atoms with Crippen molar-refractivity contribution in [3.8, 4) is 5.75 Å². The number of hydrogen-bond acceptors (Lipinski definition) is 7. The average Bonchev–Trinajstić information content (AvgIpc) is 3.59. The molecule has 0 bridgehead atoms. The van der Waals surface area contributed by atoms with Crippen LogP contribution in [-0.4, -0.2) is 67.0 Å². The Morgan fingerprint density at radius 1 is 1.02 bits per heavy atom. The van der Waals surface area contributed by atoms with E-state index >= 15 is 0 Å². The summed E-state index contributed by atoms with van der Waals surface area (Å²) in [4.78, 5) is 54.4. The van der Waals surface area contributed by atoms with Gasteiger partial charge >= 0.3 is 0 Å². The van der Waals surface area contributed by atoms with E-state index < -0.39 is 45.2 Å². The molecule has 6 rings (SSSR count). The maximum absolute atomic E-state index is 13.9. The van der Waals surface area contributed by atoms with E-state index in [1.807, 2.05) is 23.6 Å². The van der Waals surface area contributed by atoms with Gasteiger partial charge in [-0.3, -0.25) is 29.0 Å². The molecule has 8 nitrogen and oxygen atoms in total. The third-order valence-corrected chi connectivity index (χ3v) is 11.3. The quantitative estimate of drug-likeness (QED) is 0.207. The fourth-order valence-electron chi connectivity index (χ4n) is 6.83. The molecule has 4 aliphatic rings. The Hall–Kier alpha value is -2.24. The van der Waals surface area contributed by atoms with E-state index in [2.05, 4.69) is 15.9 Å². The lowest BCUT2D eigenvalue weighted by Gasteiger charge is -2.50. The maximum atomic E-state index is 13.9. The summed E-state index contributed by atoms with van der Waals surface area (Å²) < 4.78 is 5.50. The van der Waals surface area contributed by atoms with Crippen LogP contribution in [0.5, 0.6) is 5.75 Å². The van der Waals surface area contributed by atoms with Crippen LogP contribution < -0.4 is 4.74 Å². The van der Waals surface area contributed by atoms with Crippen molar-refractivity contribution < 1.29 is 29.0 Å². The number of thiophene rings is 1. The molecule has 2 saturated heterocycles. The fraction of sp³-hybridized carbons (Fsp3) is 0.429. The Kier molecular flexibility index (Phi) is 7.14. The minimum Gasteiger partial charge on any atom is -0.491 e. The third kappa shape index (κ3) is 3.86. The first-order valence-electron chi connectivity index (χ1n) is 12.9. The summed E-state index contributed by atoms with van der Waals surface area (Å²) >= 11 is 19.2. The lowest BCUT2D eigenvalue weighted by atomic mass is 9.56. The van der Waals surface area contributed by atoms with E-state index in [4.69, 9.17) is 33.0 Å². The second-order valence-corrected chi connectivity index (χ2v) is 13.2. The molecule has 1 aromatic heterocycles. The molecule has 2 aromatic rings. The molecule has 0 radical (unpaired) electrons. The summed E-state index contributed by atoms with van der Waals surface area (Å²) in [5.41, 5.74) is 1.31. The summed E-state index contributed by atoms with van der Waals surface area (Å²) in [5, 5.41) is 11.0. The van der Waals surface area contributed by atoms with E-state index in [0.29, 0.717) is 17.7 Å². The van der Waals surface area contributed by atoms with E-state index in [-0.39, 0.29) is 43.4 Å². The number of aliphatic hydroxyl groups excluding tert-OH is 1. The number of nitrogens with zero attached hydrogens (tertiary/aromatic N) is 2. The van der Waals surface area contributed by atoms with Gasteiger partial charge < -0.3 is 9.84 Å². The molecule has 6 unspecified atom stereocenters. The van der Waals surface area contributed by atoms with Gasteiger partial charge in [-0.2, -0.15) is 0 Å². The number of carbonyl (C=O) groups is 4. The number of aliphatic hydroxyl groups is 1. The highest BCUT2D eigenvalue weighted by Crippen LogP contribution is 2.65. The van der Waals surface area contributed by atoms with Crippen LogP contribution >= 0.6 is 50.5 Å². The number of amides is 4. The molecule has 3 heterocycles. The molecule has 4 amide bonds. The van der Waals surface area contributed by atoms with Crippen molar-refractivity contribution in [1.82, 2.24) is 9.80 Å². The Morgan fingerprint density at radius 2 is 1.77 bits per heavy atom. The number of likely N-dealkylation sites (tertiary alicyclic amines) is 2. The summed E-state index contributed by atoms with van der Waals surface area (Å²) in [5.74, 6) is -3.90. The third-order valence-electron chi connectivity index (χ3n) is 8.57. The number of imide groups is 2. The van der Waals surface area contributed by atoms with Crippen molar-refractivity contribution in [3.05, 3.63) is 63.9 Å². The first kappa shape index (κ1) is 27.9. The molecule has 6 atom stereocenters. The van der Waals surface area contributed by atoms with Gasteiger partial charge in [0.15, 0.2) is 9.75 Å². The van der Waals surface area contributed by atoms with Crippen molar-refractivity contribution in [1.29, 1.82) is 0 Å². The van der Waals surface area contributed by atoms with Crippen LogP contribution in [0.4, 0.5) is 0 Å². The van der Waals surface area contributed by atoms with Crippen LogP contribution in [0.1, 0.15) is 29.2 Å². The number of allylic oxidation sites excluding steroid dienone is 2. The van der Waals surface area contributed by atoms with Gasteiger partial charge in [0.1, 0.15) is 12.4 Å². The fourth-order valence-corrected chi connectivity index (χ4v) is 8.94. The zero-order valence-electron chi connectivity index (χ0n) is 21.1. The number of fused-ring (bicyclic) bond motifs is 4. The molecule has 1 N–H and O–H groups in total. The second-order valence-electron chi connectivity index (χ2n) is 10.5. The van der Waals surface area contributed by atoms with Gasteiger partial charge in [0.05, 0.1) is 30.4 Å². The largest absolute Gasteiger partial charge is 0.491 e. The van der Waals surface area contributed by atoms with E-state index in [1.54, 1.807) is 24.3 Å².